The quantitative estimate of drug-likeness (QED) is 0.742. The Morgan fingerprint density at radius 3 is 2.15 bits per heavy atom. The van der Waals surface area contributed by atoms with Gasteiger partial charge in [-0.1, -0.05) is 0 Å². The summed E-state index contributed by atoms with van der Waals surface area (Å²) < 4.78 is 28.7. The summed E-state index contributed by atoms with van der Waals surface area (Å²) in [6.07, 6.45) is 3.63. The highest BCUT2D eigenvalue weighted by Crippen LogP contribution is 2.19. The molecule has 0 aromatic heterocycles. The first-order valence-corrected chi connectivity index (χ1v) is 8.99. The molecule has 2 N–H and O–H groups in total. The number of aliphatic hydroxyl groups excluding tert-OH is 1. The fraction of sp³-hybridized carbons (Fsp3) is 1.00. The number of nitrogens with zero attached hydrogens (tertiary/aromatic N) is 2. The molecule has 0 radical (unpaired) electrons. The second kappa shape index (κ2) is 7.17. The molecule has 0 saturated carbocycles. The Kier molecular flexibility index (Phi) is 5.80. The van der Waals surface area contributed by atoms with Crippen molar-refractivity contribution in [3.63, 3.8) is 0 Å². The summed E-state index contributed by atoms with van der Waals surface area (Å²) >= 11 is 0. The van der Waals surface area contributed by atoms with Gasteiger partial charge in [0.2, 0.25) is 0 Å². The molecule has 0 atom stereocenters. The van der Waals surface area contributed by atoms with Crippen LogP contribution in [0.4, 0.5) is 0 Å². The Labute approximate surface area is 122 Å². The minimum absolute atomic E-state index is 0.164. The van der Waals surface area contributed by atoms with Crippen LogP contribution in [0.2, 0.25) is 0 Å². The molecule has 6 nitrogen and oxygen atoms in total. The van der Waals surface area contributed by atoms with Crippen LogP contribution in [0.15, 0.2) is 0 Å². The average molecular weight is 305 g/mol. The summed E-state index contributed by atoms with van der Waals surface area (Å²) in [6.45, 7) is 3.86. The monoisotopic (exact) mass is 305 g/mol. The first-order chi connectivity index (χ1) is 9.51. The number of hydrogen-bond donors (Lipinski definition) is 2. The number of likely N-dealkylation sites (tertiary alicyclic amines) is 1. The highest BCUT2D eigenvalue weighted by atomic mass is 32.2. The smallest absolute Gasteiger partial charge is 0.279 e. The van der Waals surface area contributed by atoms with Gasteiger partial charge in [0.15, 0.2) is 0 Å². The maximum absolute atomic E-state index is 12.2. The Morgan fingerprint density at radius 2 is 1.60 bits per heavy atom. The van der Waals surface area contributed by atoms with Crippen LogP contribution >= 0.6 is 0 Å². The second-order valence-electron chi connectivity index (χ2n) is 6.13. The molecule has 2 aliphatic heterocycles. The summed E-state index contributed by atoms with van der Waals surface area (Å²) in [4.78, 5) is 2.28. The molecule has 7 heteroatoms. The normalized spacial score (nSPS) is 25.1. The highest BCUT2D eigenvalue weighted by molar-refractivity contribution is 7.87. The third-order valence-corrected chi connectivity index (χ3v) is 6.14. The van der Waals surface area contributed by atoms with Crippen LogP contribution in [0.25, 0.3) is 0 Å². The minimum atomic E-state index is -3.34. The number of rotatable bonds is 5. The van der Waals surface area contributed by atoms with Crippen molar-refractivity contribution in [2.75, 3.05) is 46.4 Å². The highest BCUT2D eigenvalue weighted by Gasteiger charge is 2.28. The SMILES string of the molecule is CN1CCC(CNS(=O)(=O)N2CCC(CO)CC2)CC1. The third kappa shape index (κ3) is 4.39. The molecule has 2 rings (SSSR count). The zero-order valence-electron chi connectivity index (χ0n) is 12.3. The van der Waals surface area contributed by atoms with Gasteiger partial charge in [-0.25, -0.2) is 4.72 Å². The van der Waals surface area contributed by atoms with Crippen molar-refractivity contribution in [1.29, 1.82) is 0 Å². The van der Waals surface area contributed by atoms with Crippen molar-refractivity contribution < 1.29 is 13.5 Å². The van der Waals surface area contributed by atoms with Gasteiger partial charge in [0.25, 0.3) is 10.2 Å². The van der Waals surface area contributed by atoms with Gasteiger partial charge >= 0.3 is 0 Å². The number of nitrogens with one attached hydrogen (secondary N) is 1. The molecule has 20 heavy (non-hydrogen) atoms. The lowest BCUT2D eigenvalue weighted by atomic mass is 9.98. The van der Waals surface area contributed by atoms with Crippen LogP contribution in [-0.4, -0.2) is 69.1 Å². The molecule has 0 spiro atoms. The number of aliphatic hydroxyl groups is 1. The van der Waals surface area contributed by atoms with Gasteiger partial charge in [-0.3, -0.25) is 0 Å². The zero-order chi connectivity index (χ0) is 14.6. The summed E-state index contributed by atoms with van der Waals surface area (Å²) in [6, 6.07) is 0. The van der Waals surface area contributed by atoms with Crippen molar-refractivity contribution in [2.24, 2.45) is 11.8 Å². The van der Waals surface area contributed by atoms with E-state index < -0.39 is 10.2 Å². The molecular weight excluding hydrogens is 278 g/mol. The van der Waals surface area contributed by atoms with Gasteiger partial charge in [-0.05, 0) is 57.7 Å². The first-order valence-electron chi connectivity index (χ1n) is 7.55. The molecule has 0 bridgehead atoms. The van der Waals surface area contributed by atoms with Gasteiger partial charge in [-0.15, -0.1) is 0 Å². The predicted octanol–water partition coefficient (Wildman–Crippen LogP) is -0.133. The number of hydrogen-bond acceptors (Lipinski definition) is 4. The zero-order valence-corrected chi connectivity index (χ0v) is 13.1. The maximum atomic E-state index is 12.2. The van der Waals surface area contributed by atoms with Crippen molar-refractivity contribution in [3.8, 4) is 0 Å². The molecule has 0 amide bonds. The van der Waals surface area contributed by atoms with E-state index in [4.69, 9.17) is 5.11 Å². The summed E-state index contributed by atoms with van der Waals surface area (Å²) in [5, 5.41) is 9.09. The predicted molar refractivity (Wildman–Crippen MR) is 78.5 cm³/mol. The lowest BCUT2D eigenvalue weighted by Gasteiger charge is -2.32. The van der Waals surface area contributed by atoms with Crippen molar-refractivity contribution >= 4 is 10.2 Å². The van der Waals surface area contributed by atoms with E-state index in [1.165, 1.54) is 4.31 Å². The van der Waals surface area contributed by atoms with Crippen LogP contribution in [0, 0.1) is 11.8 Å². The van der Waals surface area contributed by atoms with E-state index in [-0.39, 0.29) is 12.5 Å². The fourth-order valence-electron chi connectivity index (χ4n) is 2.91. The van der Waals surface area contributed by atoms with Gasteiger partial charge in [0.05, 0.1) is 0 Å². The molecule has 0 aromatic carbocycles. The second-order valence-corrected chi connectivity index (χ2v) is 7.88. The van der Waals surface area contributed by atoms with Crippen LogP contribution in [0.3, 0.4) is 0 Å². The largest absolute Gasteiger partial charge is 0.396 e. The first kappa shape index (κ1) is 16.2. The van der Waals surface area contributed by atoms with Gasteiger partial charge in [0, 0.05) is 26.2 Å². The van der Waals surface area contributed by atoms with Crippen LogP contribution in [-0.2, 0) is 10.2 Å². The summed E-state index contributed by atoms with van der Waals surface area (Å²) in [5.41, 5.74) is 0. The van der Waals surface area contributed by atoms with Crippen LogP contribution in [0.1, 0.15) is 25.7 Å². The molecule has 2 heterocycles. The summed E-state index contributed by atoms with van der Waals surface area (Å²) in [7, 11) is -1.24. The van der Waals surface area contributed by atoms with Crippen molar-refractivity contribution in [2.45, 2.75) is 25.7 Å². The molecular formula is C13H27N3O3S. The van der Waals surface area contributed by atoms with E-state index in [9.17, 15) is 8.42 Å². The Balaban J connectivity index is 1.76. The molecule has 0 unspecified atom stereocenters. The van der Waals surface area contributed by atoms with Gasteiger partial charge in [0.1, 0.15) is 0 Å². The van der Waals surface area contributed by atoms with Gasteiger partial charge in [-0.2, -0.15) is 12.7 Å². The van der Waals surface area contributed by atoms with E-state index in [0.29, 0.717) is 25.6 Å². The van der Waals surface area contributed by atoms with Crippen molar-refractivity contribution in [3.05, 3.63) is 0 Å². The minimum Gasteiger partial charge on any atom is -0.396 e. The molecule has 118 valence electrons. The molecule has 0 aliphatic carbocycles. The summed E-state index contributed by atoms with van der Waals surface area (Å²) in [5.74, 6) is 0.714. The lowest BCUT2D eigenvalue weighted by Crippen LogP contribution is -2.47. The maximum Gasteiger partial charge on any atom is 0.279 e. The lowest BCUT2D eigenvalue weighted by molar-refractivity contribution is 0.169. The Hall–Kier alpha value is -0.210. The van der Waals surface area contributed by atoms with E-state index in [1.54, 1.807) is 0 Å². The topological polar surface area (TPSA) is 72.9 Å². The fourth-order valence-corrected chi connectivity index (χ4v) is 4.23. The third-order valence-electron chi connectivity index (χ3n) is 4.56. The van der Waals surface area contributed by atoms with Crippen LogP contribution < -0.4 is 4.72 Å². The van der Waals surface area contributed by atoms with E-state index >= 15 is 0 Å². The van der Waals surface area contributed by atoms with Crippen molar-refractivity contribution in [1.82, 2.24) is 13.9 Å². The Bertz CT molecular complexity index is 386. The molecule has 2 saturated heterocycles. The Morgan fingerprint density at radius 1 is 1.05 bits per heavy atom. The average Bonchev–Trinajstić information content (AvgIpc) is 2.47. The van der Waals surface area contributed by atoms with E-state index in [1.807, 2.05) is 0 Å². The number of piperidine rings is 2. The standard InChI is InChI=1S/C13H27N3O3S/c1-15-6-2-12(3-7-15)10-14-20(18,19)16-8-4-13(11-17)5-9-16/h12-14,17H,2-11H2,1H3. The molecule has 0 aromatic rings. The van der Waals surface area contributed by atoms with Crippen LogP contribution in [0.5, 0.6) is 0 Å². The van der Waals surface area contributed by atoms with E-state index in [0.717, 1.165) is 38.8 Å². The molecule has 2 fully saturated rings. The van der Waals surface area contributed by atoms with E-state index in [2.05, 4.69) is 16.7 Å². The molecule has 2 aliphatic rings. The van der Waals surface area contributed by atoms with Gasteiger partial charge < -0.3 is 10.0 Å².